The Morgan fingerprint density at radius 1 is 1.30 bits per heavy atom. The van der Waals surface area contributed by atoms with Crippen molar-refractivity contribution in [2.75, 3.05) is 38.2 Å². The van der Waals surface area contributed by atoms with Crippen molar-refractivity contribution in [3.63, 3.8) is 0 Å². The predicted molar refractivity (Wildman–Crippen MR) is 116 cm³/mol. The van der Waals surface area contributed by atoms with E-state index in [4.69, 9.17) is 16.3 Å². The molecule has 1 heterocycles. The third-order valence-electron chi connectivity index (χ3n) is 5.32. The molecule has 1 aliphatic rings. The molecule has 0 bridgehead atoms. The maximum atomic E-state index is 13.2. The van der Waals surface area contributed by atoms with Crippen LogP contribution in [0.4, 0.5) is 5.69 Å². The number of anilines is 1. The third-order valence-corrected chi connectivity index (χ3v) is 7.41. The summed E-state index contributed by atoms with van der Waals surface area (Å²) in [6, 6.07) is 10.9. The summed E-state index contributed by atoms with van der Waals surface area (Å²) in [5.41, 5.74) is 0.509. The van der Waals surface area contributed by atoms with Crippen LogP contribution < -0.4 is 9.04 Å². The molecular formula is C21H25ClN2O5S. The lowest BCUT2D eigenvalue weighted by molar-refractivity contribution is 0.0620. The van der Waals surface area contributed by atoms with E-state index in [1.54, 1.807) is 29.2 Å². The van der Waals surface area contributed by atoms with Crippen LogP contribution >= 0.6 is 11.6 Å². The first-order chi connectivity index (χ1) is 14.3. The molecule has 162 valence electrons. The number of nitrogens with zero attached hydrogens (tertiary/aromatic N) is 2. The number of methoxy groups -OCH3 is 1. The number of benzene rings is 2. The monoisotopic (exact) mass is 452 g/mol. The number of carbonyl (C=O) groups excluding carboxylic acids is 1. The average molecular weight is 453 g/mol. The summed E-state index contributed by atoms with van der Waals surface area (Å²) in [5, 5.41) is 9.60. The van der Waals surface area contributed by atoms with Gasteiger partial charge in [0.1, 0.15) is 5.75 Å². The van der Waals surface area contributed by atoms with Crippen LogP contribution in [-0.4, -0.2) is 58.2 Å². The molecule has 0 saturated carbocycles. The second kappa shape index (κ2) is 9.24. The molecule has 2 aromatic carbocycles. The normalized spacial score (nSPS) is 16.9. The van der Waals surface area contributed by atoms with Crippen LogP contribution in [-0.2, 0) is 10.0 Å². The van der Waals surface area contributed by atoms with Crippen molar-refractivity contribution in [2.24, 2.45) is 5.92 Å². The number of amides is 1. The fourth-order valence-corrected chi connectivity index (χ4v) is 5.01. The van der Waals surface area contributed by atoms with E-state index in [1.165, 1.54) is 32.4 Å². The highest BCUT2D eigenvalue weighted by atomic mass is 35.5. The van der Waals surface area contributed by atoms with Crippen LogP contribution in [0.15, 0.2) is 47.4 Å². The van der Waals surface area contributed by atoms with Gasteiger partial charge in [0.2, 0.25) is 0 Å². The average Bonchev–Trinajstić information content (AvgIpc) is 2.78. The zero-order valence-electron chi connectivity index (χ0n) is 16.9. The molecule has 0 aliphatic carbocycles. The highest BCUT2D eigenvalue weighted by molar-refractivity contribution is 7.92. The van der Waals surface area contributed by atoms with Crippen LogP contribution in [0.5, 0.6) is 5.75 Å². The first kappa shape index (κ1) is 22.4. The predicted octanol–water partition coefficient (Wildman–Crippen LogP) is 3.02. The third kappa shape index (κ3) is 4.40. The van der Waals surface area contributed by atoms with E-state index >= 15 is 0 Å². The standard InChI is InChI=1S/C21H25ClN2O5S/c1-23(19-7-3-4-8-20(19)29-2)30(27,28)16-9-10-18(22)17(12-16)21(26)24-11-5-6-15(13-24)14-25/h3-4,7-10,12,15,25H,5-6,11,13-14H2,1-2H3. The number of halogens is 1. The van der Waals surface area contributed by atoms with E-state index in [0.717, 1.165) is 17.1 Å². The summed E-state index contributed by atoms with van der Waals surface area (Å²) in [6.45, 7) is 0.975. The van der Waals surface area contributed by atoms with E-state index in [1.807, 2.05) is 0 Å². The van der Waals surface area contributed by atoms with E-state index < -0.39 is 10.0 Å². The van der Waals surface area contributed by atoms with Crippen molar-refractivity contribution in [1.29, 1.82) is 0 Å². The molecule has 1 atom stereocenters. The second-order valence-corrected chi connectivity index (χ2v) is 9.60. The lowest BCUT2D eigenvalue weighted by Crippen LogP contribution is -2.41. The lowest BCUT2D eigenvalue weighted by atomic mass is 9.98. The summed E-state index contributed by atoms with van der Waals surface area (Å²) in [7, 11) is -1.06. The number of rotatable bonds is 6. The fourth-order valence-electron chi connectivity index (χ4n) is 3.58. The van der Waals surface area contributed by atoms with Gasteiger partial charge in [0.25, 0.3) is 15.9 Å². The number of carbonyl (C=O) groups is 1. The zero-order chi connectivity index (χ0) is 21.9. The highest BCUT2D eigenvalue weighted by Gasteiger charge is 2.29. The Labute approximate surface area is 181 Å². The van der Waals surface area contributed by atoms with Crippen LogP contribution in [0.25, 0.3) is 0 Å². The van der Waals surface area contributed by atoms with E-state index in [0.29, 0.717) is 24.5 Å². The topological polar surface area (TPSA) is 87.2 Å². The van der Waals surface area contributed by atoms with Gasteiger partial charge in [-0.3, -0.25) is 9.10 Å². The molecule has 7 nitrogen and oxygen atoms in total. The van der Waals surface area contributed by atoms with E-state index in [9.17, 15) is 18.3 Å². The van der Waals surface area contributed by atoms with Crippen LogP contribution in [0.2, 0.25) is 5.02 Å². The highest BCUT2D eigenvalue weighted by Crippen LogP contribution is 2.32. The van der Waals surface area contributed by atoms with Gasteiger partial charge in [-0.25, -0.2) is 8.42 Å². The second-order valence-electron chi connectivity index (χ2n) is 7.23. The molecule has 0 aromatic heterocycles. The molecule has 0 spiro atoms. The van der Waals surface area contributed by atoms with Crippen molar-refractivity contribution in [3.8, 4) is 5.75 Å². The number of likely N-dealkylation sites (tertiary alicyclic amines) is 1. The van der Waals surface area contributed by atoms with Crippen molar-refractivity contribution in [3.05, 3.63) is 53.1 Å². The number of piperidine rings is 1. The van der Waals surface area contributed by atoms with Crippen LogP contribution in [0.1, 0.15) is 23.2 Å². The smallest absolute Gasteiger partial charge is 0.264 e. The van der Waals surface area contributed by atoms with Gasteiger partial charge in [-0.15, -0.1) is 0 Å². The summed E-state index contributed by atoms with van der Waals surface area (Å²) in [5.74, 6) is 0.0948. The maximum absolute atomic E-state index is 13.2. The molecule has 9 heteroatoms. The summed E-state index contributed by atoms with van der Waals surface area (Å²) in [6.07, 6.45) is 1.63. The maximum Gasteiger partial charge on any atom is 0.264 e. The van der Waals surface area contributed by atoms with Crippen molar-refractivity contribution < 1.29 is 23.1 Å². The van der Waals surface area contributed by atoms with Crippen molar-refractivity contribution in [2.45, 2.75) is 17.7 Å². The number of para-hydroxylation sites is 2. The van der Waals surface area contributed by atoms with E-state index in [-0.39, 0.29) is 33.9 Å². The van der Waals surface area contributed by atoms with Gasteiger partial charge in [0.15, 0.2) is 0 Å². The SMILES string of the molecule is COc1ccccc1N(C)S(=O)(=O)c1ccc(Cl)c(C(=O)N2CCCC(CO)C2)c1. The van der Waals surface area contributed by atoms with Gasteiger partial charge in [-0.05, 0) is 49.1 Å². The van der Waals surface area contributed by atoms with Gasteiger partial charge in [-0.1, -0.05) is 23.7 Å². The Morgan fingerprint density at radius 3 is 2.73 bits per heavy atom. The molecule has 1 amide bonds. The number of ether oxygens (including phenoxy) is 1. The Morgan fingerprint density at radius 2 is 2.03 bits per heavy atom. The molecule has 1 fully saturated rings. The first-order valence-corrected chi connectivity index (χ1v) is 11.4. The Balaban J connectivity index is 1.94. The quantitative estimate of drug-likeness (QED) is 0.728. The Bertz CT molecular complexity index is 1030. The van der Waals surface area contributed by atoms with Crippen LogP contribution in [0, 0.1) is 5.92 Å². The zero-order valence-corrected chi connectivity index (χ0v) is 18.5. The molecule has 2 aromatic rings. The van der Waals surface area contributed by atoms with Crippen LogP contribution in [0.3, 0.4) is 0 Å². The Kier molecular flexibility index (Phi) is 6.90. The molecular weight excluding hydrogens is 428 g/mol. The minimum absolute atomic E-state index is 0.00956. The molecule has 3 rings (SSSR count). The minimum atomic E-state index is -3.96. The van der Waals surface area contributed by atoms with Gasteiger partial charge >= 0.3 is 0 Å². The van der Waals surface area contributed by atoms with E-state index in [2.05, 4.69) is 0 Å². The number of hydrogen-bond acceptors (Lipinski definition) is 5. The first-order valence-electron chi connectivity index (χ1n) is 9.61. The molecule has 30 heavy (non-hydrogen) atoms. The van der Waals surface area contributed by atoms with Gasteiger partial charge in [-0.2, -0.15) is 0 Å². The fraction of sp³-hybridized carbons (Fsp3) is 0.381. The summed E-state index contributed by atoms with van der Waals surface area (Å²) >= 11 is 6.25. The van der Waals surface area contributed by atoms with Gasteiger partial charge in [0.05, 0.1) is 28.3 Å². The van der Waals surface area contributed by atoms with Crippen molar-refractivity contribution in [1.82, 2.24) is 4.90 Å². The minimum Gasteiger partial charge on any atom is -0.495 e. The number of hydrogen-bond donors (Lipinski definition) is 1. The molecule has 0 radical (unpaired) electrons. The number of sulfonamides is 1. The summed E-state index contributed by atoms with van der Waals surface area (Å²) in [4.78, 5) is 14.6. The van der Waals surface area contributed by atoms with Gasteiger partial charge < -0.3 is 14.7 Å². The molecule has 1 unspecified atom stereocenters. The number of aliphatic hydroxyl groups excluding tert-OH is 1. The van der Waals surface area contributed by atoms with Gasteiger partial charge in [0, 0.05) is 26.7 Å². The Hall–Kier alpha value is -2.29. The van der Waals surface area contributed by atoms with Crippen molar-refractivity contribution >= 4 is 33.2 Å². The summed E-state index contributed by atoms with van der Waals surface area (Å²) < 4.78 is 32.8. The number of aliphatic hydroxyl groups is 1. The molecule has 1 aliphatic heterocycles. The largest absolute Gasteiger partial charge is 0.495 e. The lowest BCUT2D eigenvalue weighted by Gasteiger charge is -2.32. The molecule has 1 saturated heterocycles. The molecule has 1 N–H and O–H groups in total.